The van der Waals surface area contributed by atoms with Crippen LogP contribution in [0.15, 0.2) is 18.2 Å². The van der Waals surface area contributed by atoms with Gasteiger partial charge in [0, 0.05) is 25.2 Å². The first-order valence-corrected chi connectivity index (χ1v) is 7.30. The molecule has 0 atom stereocenters. The smallest absolute Gasteiger partial charge is 0.321 e. The monoisotopic (exact) mass is 290 g/mol. The van der Waals surface area contributed by atoms with Gasteiger partial charge < -0.3 is 15.3 Å². The van der Waals surface area contributed by atoms with Gasteiger partial charge in [-0.2, -0.15) is 0 Å². The summed E-state index contributed by atoms with van der Waals surface area (Å²) in [6.45, 7) is 5.20. The molecule has 1 aromatic carbocycles. The zero-order valence-electron chi connectivity index (χ0n) is 12.6. The molecule has 1 aromatic rings. The number of likely N-dealkylation sites (tertiary alicyclic amines) is 1. The number of amides is 2. The van der Waals surface area contributed by atoms with Gasteiger partial charge in [-0.3, -0.25) is 4.79 Å². The number of aliphatic carboxylic acids is 1. The summed E-state index contributed by atoms with van der Waals surface area (Å²) in [7, 11) is 0. The van der Waals surface area contributed by atoms with Gasteiger partial charge in [-0.15, -0.1) is 0 Å². The van der Waals surface area contributed by atoms with Crippen LogP contribution in [0, 0.1) is 19.8 Å². The second-order valence-corrected chi connectivity index (χ2v) is 5.78. The first-order chi connectivity index (χ1) is 9.95. The summed E-state index contributed by atoms with van der Waals surface area (Å²) in [5.41, 5.74) is 2.98. The van der Waals surface area contributed by atoms with E-state index in [2.05, 4.69) is 5.32 Å². The number of anilines is 1. The van der Waals surface area contributed by atoms with E-state index in [1.54, 1.807) is 4.90 Å². The van der Waals surface area contributed by atoms with Crippen molar-refractivity contribution in [2.45, 2.75) is 33.1 Å². The van der Waals surface area contributed by atoms with E-state index < -0.39 is 5.97 Å². The number of carbonyl (C=O) groups is 2. The third-order valence-corrected chi connectivity index (χ3v) is 4.00. The van der Waals surface area contributed by atoms with Gasteiger partial charge in [0.2, 0.25) is 0 Å². The molecule has 0 radical (unpaired) electrons. The fourth-order valence-electron chi connectivity index (χ4n) is 2.65. The largest absolute Gasteiger partial charge is 0.481 e. The number of urea groups is 1. The van der Waals surface area contributed by atoms with Gasteiger partial charge in [-0.1, -0.05) is 12.1 Å². The Kier molecular flexibility index (Phi) is 4.83. The van der Waals surface area contributed by atoms with E-state index in [0.717, 1.165) is 29.7 Å². The molecule has 1 heterocycles. The first-order valence-electron chi connectivity index (χ1n) is 7.30. The van der Waals surface area contributed by atoms with Crippen molar-refractivity contribution < 1.29 is 14.7 Å². The molecule has 0 bridgehead atoms. The molecule has 2 rings (SSSR count). The van der Waals surface area contributed by atoms with Crippen molar-refractivity contribution in [3.63, 3.8) is 0 Å². The Hall–Kier alpha value is -2.04. The standard InChI is InChI=1S/C16H22N2O3/c1-11-3-4-12(2)14(9-11)17-16(21)18-7-5-13(6-8-18)10-15(19)20/h3-4,9,13H,5-8,10H2,1-2H3,(H,17,21)(H,19,20). The fraction of sp³-hybridized carbons (Fsp3) is 0.500. The maximum Gasteiger partial charge on any atom is 0.321 e. The number of rotatable bonds is 3. The van der Waals surface area contributed by atoms with Gasteiger partial charge in [0.15, 0.2) is 0 Å². The quantitative estimate of drug-likeness (QED) is 0.899. The molecule has 5 nitrogen and oxygen atoms in total. The maximum atomic E-state index is 12.3. The van der Waals surface area contributed by atoms with E-state index >= 15 is 0 Å². The zero-order chi connectivity index (χ0) is 15.4. The van der Waals surface area contributed by atoms with Gasteiger partial charge in [-0.05, 0) is 49.8 Å². The van der Waals surface area contributed by atoms with Crippen LogP contribution in [0.1, 0.15) is 30.4 Å². The van der Waals surface area contributed by atoms with Crippen molar-refractivity contribution in [3.8, 4) is 0 Å². The summed E-state index contributed by atoms with van der Waals surface area (Å²) in [6, 6.07) is 5.87. The van der Waals surface area contributed by atoms with Crippen molar-refractivity contribution in [3.05, 3.63) is 29.3 Å². The van der Waals surface area contributed by atoms with E-state index in [1.807, 2.05) is 32.0 Å². The Labute approximate surface area is 125 Å². The maximum absolute atomic E-state index is 12.3. The molecule has 1 saturated heterocycles. The number of aryl methyl sites for hydroxylation is 2. The number of carbonyl (C=O) groups excluding carboxylic acids is 1. The topological polar surface area (TPSA) is 69.6 Å². The van der Waals surface area contributed by atoms with E-state index in [-0.39, 0.29) is 18.4 Å². The fourth-order valence-corrected chi connectivity index (χ4v) is 2.65. The van der Waals surface area contributed by atoms with Gasteiger partial charge in [0.25, 0.3) is 0 Å². The minimum Gasteiger partial charge on any atom is -0.481 e. The Morgan fingerprint density at radius 1 is 1.29 bits per heavy atom. The Balaban J connectivity index is 1.90. The number of hydrogen-bond donors (Lipinski definition) is 2. The number of benzene rings is 1. The molecule has 114 valence electrons. The second-order valence-electron chi connectivity index (χ2n) is 5.78. The predicted molar refractivity (Wildman–Crippen MR) is 81.5 cm³/mol. The molecule has 2 amide bonds. The molecule has 5 heteroatoms. The van der Waals surface area contributed by atoms with Crippen molar-refractivity contribution in [1.82, 2.24) is 4.90 Å². The highest BCUT2D eigenvalue weighted by atomic mass is 16.4. The van der Waals surface area contributed by atoms with Crippen molar-refractivity contribution in [2.24, 2.45) is 5.92 Å². The molecular formula is C16H22N2O3. The molecular weight excluding hydrogens is 268 g/mol. The van der Waals surface area contributed by atoms with Crippen LogP contribution in [-0.4, -0.2) is 35.1 Å². The highest BCUT2D eigenvalue weighted by Crippen LogP contribution is 2.22. The molecule has 1 fully saturated rings. The number of piperidine rings is 1. The molecule has 1 aliphatic rings. The van der Waals surface area contributed by atoms with Crippen LogP contribution < -0.4 is 5.32 Å². The molecule has 0 aromatic heterocycles. The van der Waals surface area contributed by atoms with E-state index in [1.165, 1.54) is 0 Å². The average Bonchev–Trinajstić information content (AvgIpc) is 2.43. The summed E-state index contributed by atoms with van der Waals surface area (Å²) in [5.74, 6) is -0.569. The molecule has 0 saturated carbocycles. The van der Waals surface area contributed by atoms with Crippen LogP contribution in [-0.2, 0) is 4.79 Å². The first kappa shape index (κ1) is 15.4. The molecule has 1 aliphatic heterocycles. The second kappa shape index (κ2) is 6.61. The van der Waals surface area contributed by atoms with Crippen LogP contribution in [0.4, 0.5) is 10.5 Å². The highest BCUT2D eigenvalue weighted by molar-refractivity contribution is 5.90. The summed E-state index contributed by atoms with van der Waals surface area (Å²) in [6.07, 6.45) is 1.71. The molecule has 0 spiro atoms. The highest BCUT2D eigenvalue weighted by Gasteiger charge is 2.24. The Morgan fingerprint density at radius 3 is 2.57 bits per heavy atom. The van der Waals surface area contributed by atoms with Crippen molar-refractivity contribution in [2.75, 3.05) is 18.4 Å². The van der Waals surface area contributed by atoms with Gasteiger partial charge in [0.1, 0.15) is 0 Å². The van der Waals surface area contributed by atoms with E-state index in [4.69, 9.17) is 5.11 Å². The molecule has 0 unspecified atom stereocenters. The molecule has 0 aliphatic carbocycles. The molecule has 21 heavy (non-hydrogen) atoms. The van der Waals surface area contributed by atoms with Gasteiger partial charge >= 0.3 is 12.0 Å². The third-order valence-electron chi connectivity index (χ3n) is 4.00. The lowest BCUT2D eigenvalue weighted by atomic mass is 9.94. The zero-order valence-corrected chi connectivity index (χ0v) is 12.6. The Morgan fingerprint density at radius 2 is 1.95 bits per heavy atom. The third kappa shape index (κ3) is 4.21. The predicted octanol–water partition coefficient (Wildman–Crippen LogP) is 3.02. The number of nitrogens with zero attached hydrogens (tertiary/aromatic N) is 1. The van der Waals surface area contributed by atoms with Crippen LogP contribution in [0.2, 0.25) is 0 Å². The lowest BCUT2D eigenvalue weighted by Gasteiger charge is -2.31. The van der Waals surface area contributed by atoms with E-state index in [9.17, 15) is 9.59 Å². The number of carboxylic acid groups (broad SMARTS) is 1. The number of carboxylic acids is 1. The lowest BCUT2D eigenvalue weighted by molar-refractivity contribution is -0.138. The van der Waals surface area contributed by atoms with Gasteiger partial charge in [0.05, 0.1) is 0 Å². The minimum atomic E-state index is -0.756. The summed E-state index contributed by atoms with van der Waals surface area (Å²) >= 11 is 0. The van der Waals surface area contributed by atoms with Gasteiger partial charge in [-0.25, -0.2) is 4.79 Å². The summed E-state index contributed by atoms with van der Waals surface area (Å²) in [5, 5.41) is 11.7. The van der Waals surface area contributed by atoms with Crippen LogP contribution in [0.25, 0.3) is 0 Å². The normalized spacial score (nSPS) is 15.8. The van der Waals surface area contributed by atoms with Crippen LogP contribution >= 0.6 is 0 Å². The van der Waals surface area contributed by atoms with Crippen LogP contribution in [0.5, 0.6) is 0 Å². The van der Waals surface area contributed by atoms with E-state index in [0.29, 0.717) is 13.1 Å². The SMILES string of the molecule is Cc1ccc(C)c(NC(=O)N2CCC(CC(=O)O)CC2)c1. The summed E-state index contributed by atoms with van der Waals surface area (Å²) in [4.78, 5) is 24.7. The lowest BCUT2D eigenvalue weighted by Crippen LogP contribution is -2.41. The molecule has 2 N–H and O–H groups in total. The van der Waals surface area contributed by atoms with Crippen molar-refractivity contribution in [1.29, 1.82) is 0 Å². The summed E-state index contributed by atoms with van der Waals surface area (Å²) < 4.78 is 0. The number of hydrogen-bond acceptors (Lipinski definition) is 2. The minimum absolute atomic E-state index is 0.0996. The Bertz CT molecular complexity index is 534. The average molecular weight is 290 g/mol. The van der Waals surface area contributed by atoms with Crippen LogP contribution in [0.3, 0.4) is 0 Å². The van der Waals surface area contributed by atoms with Crippen molar-refractivity contribution >= 4 is 17.7 Å². The number of nitrogens with one attached hydrogen (secondary N) is 1.